The second-order valence-electron chi connectivity index (χ2n) is 3.63. The molecular formula is C10H18N2O3. The van der Waals surface area contributed by atoms with Crippen LogP contribution in [0.4, 0.5) is 0 Å². The van der Waals surface area contributed by atoms with Crippen LogP contribution in [-0.2, 0) is 4.79 Å². The van der Waals surface area contributed by atoms with Crippen LogP contribution in [0.2, 0.25) is 0 Å². The summed E-state index contributed by atoms with van der Waals surface area (Å²) in [7, 11) is 0. The first-order valence-corrected chi connectivity index (χ1v) is 5.10. The fraction of sp³-hybridized carbons (Fsp3) is 0.700. The Bertz CT molecular complexity index is 233. The predicted octanol–water partition coefficient (Wildman–Crippen LogP) is -0.417. The summed E-state index contributed by atoms with van der Waals surface area (Å²) in [5, 5.41) is 17.6. The van der Waals surface area contributed by atoms with Gasteiger partial charge in [0.2, 0.25) is 0 Å². The first kappa shape index (κ1) is 12.2. The van der Waals surface area contributed by atoms with E-state index in [9.17, 15) is 4.79 Å². The number of carboxylic acid groups (broad SMARTS) is 1. The summed E-state index contributed by atoms with van der Waals surface area (Å²) >= 11 is 0. The van der Waals surface area contributed by atoms with Gasteiger partial charge in [-0.1, -0.05) is 6.08 Å². The summed E-state index contributed by atoms with van der Waals surface area (Å²) in [6.07, 6.45) is 2.59. The van der Waals surface area contributed by atoms with Gasteiger partial charge in [0.1, 0.15) is 0 Å². The van der Waals surface area contributed by atoms with Gasteiger partial charge in [-0.05, 0) is 6.42 Å². The first-order valence-electron chi connectivity index (χ1n) is 5.10. The second kappa shape index (κ2) is 5.85. The summed E-state index contributed by atoms with van der Waals surface area (Å²) < 4.78 is 0. The van der Waals surface area contributed by atoms with Crippen LogP contribution >= 0.6 is 0 Å². The van der Waals surface area contributed by atoms with Crippen molar-refractivity contribution < 1.29 is 15.0 Å². The smallest absolute Gasteiger partial charge is 0.317 e. The van der Waals surface area contributed by atoms with E-state index >= 15 is 0 Å². The van der Waals surface area contributed by atoms with Crippen LogP contribution in [0.1, 0.15) is 6.42 Å². The summed E-state index contributed by atoms with van der Waals surface area (Å²) in [4.78, 5) is 14.6. The maximum absolute atomic E-state index is 10.6. The van der Waals surface area contributed by atoms with E-state index in [0.717, 1.165) is 19.5 Å². The molecular weight excluding hydrogens is 196 g/mol. The molecule has 0 aromatic rings. The minimum absolute atomic E-state index is 0.0560. The van der Waals surface area contributed by atoms with Gasteiger partial charge in [-0.25, -0.2) is 0 Å². The van der Waals surface area contributed by atoms with Crippen LogP contribution < -0.4 is 0 Å². The van der Waals surface area contributed by atoms with Gasteiger partial charge in [-0.2, -0.15) is 0 Å². The molecule has 1 atom stereocenters. The molecule has 0 aliphatic carbocycles. The number of carbonyl (C=O) groups is 1. The second-order valence-corrected chi connectivity index (χ2v) is 3.63. The lowest BCUT2D eigenvalue weighted by molar-refractivity contribution is -0.138. The molecule has 86 valence electrons. The maximum Gasteiger partial charge on any atom is 0.317 e. The summed E-state index contributed by atoms with van der Waals surface area (Å²) in [5.74, 6) is -0.810. The number of aliphatic hydroxyl groups excluding tert-OH is 1. The van der Waals surface area contributed by atoms with Crippen molar-refractivity contribution in [3.8, 4) is 0 Å². The molecule has 1 aliphatic heterocycles. The molecule has 0 aromatic heterocycles. The van der Waals surface area contributed by atoms with Crippen molar-refractivity contribution in [3.63, 3.8) is 0 Å². The molecule has 0 saturated carbocycles. The van der Waals surface area contributed by atoms with Gasteiger partial charge in [-0.3, -0.25) is 14.6 Å². The monoisotopic (exact) mass is 214 g/mol. The number of aliphatic carboxylic acids is 1. The lowest BCUT2D eigenvalue weighted by atomic mass is 10.3. The van der Waals surface area contributed by atoms with Crippen molar-refractivity contribution in [2.24, 2.45) is 0 Å². The van der Waals surface area contributed by atoms with Gasteiger partial charge < -0.3 is 10.2 Å². The van der Waals surface area contributed by atoms with E-state index in [1.54, 1.807) is 6.08 Å². The van der Waals surface area contributed by atoms with Crippen LogP contribution in [0.15, 0.2) is 12.7 Å². The molecule has 1 rings (SSSR count). The summed E-state index contributed by atoms with van der Waals surface area (Å²) in [5.41, 5.74) is 0. The molecule has 15 heavy (non-hydrogen) atoms. The number of aliphatic hydroxyl groups is 1. The largest absolute Gasteiger partial charge is 0.480 e. The number of carboxylic acids is 1. The molecule has 5 nitrogen and oxygen atoms in total. The van der Waals surface area contributed by atoms with Gasteiger partial charge in [0.05, 0.1) is 19.3 Å². The van der Waals surface area contributed by atoms with Crippen molar-refractivity contribution in [1.29, 1.82) is 0 Å². The van der Waals surface area contributed by atoms with E-state index in [4.69, 9.17) is 10.2 Å². The number of hydrogen-bond donors (Lipinski definition) is 2. The summed E-state index contributed by atoms with van der Waals surface area (Å²) in [6, 6.07) is 0. The third-order valence-electron chi connectivity index (χ3n) is 2.62. The van der Waals surface area contributed by atoms with E-state index in [0.29, 0.717) is 6.54 Å². The fourth-order valence-corrected chi connectivity index (χ4v) is 1.98. The van der Waals surface area contributed by atoms with E-state index in [1.165, 1.54) is 0 Å². The van der Waals surface area contributed by atoms with E-state index in [-0.39, 0.29) is 19.3 Å². The third kappa shape index (κ3) is 3.30. The fourth-order valence-electron chi connectivity index (χ4n) is 1.98. The van der Waals surface area contributed by atoms with Crippen LogP contribution in [0.3, 0.4) is 0 Å². The highest BCUT2D eigenvalue weighted by molar-refractivity contribution is 5.69. The number of rotatable bonds is 6. The Morgan fingerprint density at radius 2 is 2.13 bits per heavy atom. The number of β-amino-alcohol motifs (C(OH)–C–C–N with tert-alkyl or cyclic N) is 1. The topological polar surface area (TPSA) is 64.0 Å². The van der Waals surface area contributed by atoms with Crippen molar-refractivity contribution in [3.05, 3.63) is 12.7 Å². The SMILES string of the molecule is C=CCC1N(CCO)CCN1CC(=O)O. The Morgan fingerprint density at radius 3 is 2.67 bits per heavy atom. The standard InChI is InChI=1S/C10H18N2O3/c1-2-3-9-11(6-7-13)4-5-12(9)8-10(14)15/h2,9,13H,1,3-8H2,(H,14,15). The third-order valence-corrected chi connectivity index (χ3v) is 2.62. The summed E-state index contributed by atoms with van der Waals surface area (Å²) in [6.45, 7) is 5.98. The Hall–Kier alpha value is -0.910. The lowest BCUT2D eigenvalue weighted by Gasteiger charge is -2.27. The molecule has 0 bridgehead atoms. The molecule has 1 heterocycles. The molecule has 0 amide bonds. The van der Waals surface area contributed by atoms with Crippen LogP contribution in [0.5, 0.6) is 0 Å². The molecule has 0 radical (unpaired) electrons. The molecule has 1 aliphatic rings. The van der Waals surface area contributed by atoms with Gasteiger partial charge in [-0.15, -0.1) is 6.58 Å². The van der Waals surface area contributed by atoms with Gasteiger partial charge in [0.25, 0.3) is 0 Å². The zero-order valence-electron chi connectivity index (χ0n) is 8.80. The maximum atomic E-state index is 10.6. The van der Waals surface area contributed by atoms with Crippen molar-refractivity contribution in [1.82, 2.24) is 9.80 Å². The van der Waals surface area contributed by atoms with E-state index < -0.39 is 5.97 Å². The molecule has 1 unspecified atom stereocenters. The van der Waals surface area contributed by atoms with E-state index in [1.807, 2.05) is 4.90 Å². The predicted molar refractivity (Wildman–Crippen MR) is 56.5 cm³/mol. The highest BCUT2D eigenvalue weighted by Gasteiger charge is 2.31. The zero-order chi connectivity index (χ0) is 11.3. The van der Waals surface area contributed by atoms with Gasteiger partial charge in [0, 0.05) is 19.6 Å². The average molecular weight is 214 g/mol. The Morgan fingerprint density at radius 1 is 1.47 bits per heavy atom. The minimum atomic E-state index is -0.810. The zero-order valence-corrected chi connectivity index (χ0v) is 8.80. The normalized spacial score (nSPS) is 23.1. The number of nitrogens with zero attached hydrogens (tertiary/aromatic N) is 2. The molecule has 2 N–H and O–H groups in total. The van der Waals surface area contributed by atoms with Gasteiger partial charge >= 0.3 is 5.97 Å². The van der Waals surface area contributed by atoms with Crippen LogP contribution in [0.25, 0.3) is 0 Å². The van der Waals surface area contributed by atoms with Crippen molar-refractivity contribution in [2.45, 2.75) is 12.6 Å². The molecule has 0 spiro atoms. The van der Waals surface area contributed by atoms with E-state index in [2.05, 4.69) is 11.5 Å². The highest BCUT2D eigenvalue weighted by Crippen LogP contribution is 2.17. The first-order chi connectivity index (χ1) is 7.19. The van der Waals surface area contributed by atoms with Crippen molar-refractivity contribution in [2.75, 3.05) is 32.8 Å². The van der Waals surface area contributed by atoms with Gasteiger partial charge in [0.15, 0.2) is 0 Å². The minimum Gasteiger partial charge on any atom is -0.480 e. The highest BCUT2D eigenvalue weighted by atomic mass is 16.4. The van der Waals surface area contributed by atoms with Crippen molar-refractivity contribution >= 4 is 5.97 Å². The number of hydrogen-bond acceptors (Lipinski definition) is 4. The lowest BCUT2D eigenvalue weighted by Crippen LogP contribution is -2.41. The quantitative estimate of drug-likeness (QED) is 0.588. The Labute approximate surface area is 89.6 Å². The molecule has 1 saturated heterocycles. The van der Waals surface area contributed by atoms with Crippen LogP contribution in [-0.4, -0.2) is 64.9 Å². The molecule has 1 fully saturated rings. The Kier molecular flexibility index (Phi) is 4.74. The molecule has 5 heteroatoms. The van der Waals surface area contributed by atoms with Crippen LogP contribution in [0, 0.1) is 0 Å². The molecule has 0 aromatic carbocycles. The Balaban J connectivity index is 2.56. The average Bonchev–Trinajstić information content (AvgIpc) is 2.51.